The molecule has 3 aromatic rings. The lowest BCUT2D eigenvalue weighted by Crippen LogP contribution is -2.52. The van der Waals surface area contributed by atoms with Gasteiger partial charge in [0.25, 0.3) is 10.0 Å². The highest BCUT2D eigenvalue weighted by Gasteiger charge is 2.34. The number of ether oxygens (including phenoxy) is 3. The number of sulfonamides is 1. The molecule has 0 aliphatic carbocycles. The Bertz CT molecular complexity index is 1520. The molecule has 0 bridgehead atoms. The van der Waals surface area contributed by atoms with Gasteiger partial charge < -0.3 is 24.4 Å². The van der Waals surface area contributed by atoms with Crippen molar-refractivity contribution in [1.29, 1.82) is 0 Å². The largest absolute Gasteiger partial charge is 0.497 e. The number of carbonyl (C=O) groups is 2. The van der Waals surface area contributed by atoms with Gasteiger partial charge in [0, 0.05) is 19.2 Å². The number of methoxy groups -OCH3 is 3. The van der Waals surface area contributed by atoms with Gasteiger partial charge in [-0.05, 0) is 79.8 Å². The number of anilines is 1. The quantitative estimate of drug-likeness (QED) is 0.257. The van der Waals surface area contributed by atoms with Crippen LogP contribution in [0.25, 0.3) is 0 Å². The smallest absolute Gasteiger partial charge is 0.264 e. The summed E-state index contributed by atoms with van der Waals surface area (Å²) in [6.45, 7) is 7.52. The summed E-state index contributed by atoms with van der Waals surface area (Å²) in [6.07, 6.45) is 1.07. The second kappa shape index (κ2) is 15.5. The number of hydrogen-bond donors (Lipinski definition) is 1. The summed E-state index contributed by atoms with van der Waals surface area (Å²) in [5.74, 6) is 0.441. The van der Waals surface area contributed by atoms with E-state index in [9.17, 15) is 18.0 Å². The van der Waals surface area contributed by atoms with Gasteiger partial charge in [0.2, 0.25) is 11.8 Å². The van der Waals surface area contributed by atoms with Gasteiger partial charge in [-0.25, -0.2) is 8.42 Å². The minimum atomic E-state index is -4.29. The number of benzene rings is 3. The van der Waals surface area contributed by atoms with Crippen LogP contribution in [-0.4, -0.2) is 65.6 Å². The van der Waals surface area contributed by atoms with Crippen molar-refractivity contribution >= 4 is 27.5 Å². The van der Waals surface area contributed by atoms with E-state index in [1.54, 1.807) is 31.4 Å². The molecule has 0 fully saturated rings. The Labute approximate surface area is 261 Å². The zero-order chi connectivity index (χ0) is 32.4. The first-order valence-electron chi connectivity index (χ1n) is 14.5. The minimum Gasteiger partial charge on any atom is -0.497 e. The second-order valence-corrected chi connectivity index (χ2v) is 12.3. The van der Waals surface area contributed by atoms with E-state index in [1.165, 1.54) is 37.3 Å². The molecule has 0 saturated heterocycles. The average Bonchev–Trinajstić information content (AvgIpc) is 3.01. The molecule has 44 heavy (non-hydrogen) atoms. The van der Waals surface area contributed by atoms with Crippen LogP contribution in [0.4, 0.5) is 5.69 Å². The molecule has 0 spiro atoms. The standard InChI is InChI=1S/C33H43N3O7S/c1-8-16-34-33(38)29(9-2)35(21-25-10-12-27(41-5)13-11-25)32(37)22-36(26-18-23(3)17-24(4)19-26)44(39,40)28-14-15-30(42-6)31(20-28)43-7/h10-15,17-20,29H,8-9,16,21-22H2,1-7H3,(H,34,38)/t29-/m1/s1. The summed E-state index contributed by atoms with van der Waals surface area (Å²) < 4.78 is 45.6. The number of rotatable bonds is 15. The molecule has 0 aliphatic rings. The van der Waals surface area contributed by atoms with E-state index >= 15 is 0 Å². The number of aryl methyl sites for hydroxylation is 2. The molecule has 1 N–H and O–H groups in total. The maximum Gasteiger partial charge on any atom is 0.264 e. The molecule has 1 atom stereocenters. The number of carbonyl (C=O) groups excluding carboxylic acids is 2. The maximum atomic E-state index is 14.3. The first-order valence-corrected chi connectivity index (χ1v) is 16.0. The zero-order valence-electron chi connectivity index (χ0n) is 26.5. The first kappa shape index (κ1) is 34.2. The van der Waals surface area contributed by atoms with Crippen LogP contribution in [0.3, 0.4) is 0 Å². The third-order valence-electron chi connectivity index (χ3n) is 7.16. The van der Waals surface area contributed by atoms with Crippen molar-refractivity contribution in [2.45, 2.75) is 58.0 Å². The van der Waals surface area contributed by atoms with Crippen LogP contribution in [0, 0.1) is 13.8 Å². The molecule has 0 saturated carbocycles. The lowest BCUT2D eigenvalue weighted by Gasteiger charge is -2.33. The van der Waals surface area contributed by atoms with Crippen molar-refractivity contribution in [3.63, 3.8) is 0 Å². The van der Waals surface area contributed by atoms with Crippen molar-refractivity contribution in [2.75, 3.05) is 38.7 Å². The Hall–Kier alpha value is -4.25. The van der Waals surface area contributed by atoms with E-state index in [0.717, 1.165) is 27.4 Å². The minimum absolute atomic E-state index is 0.0726. The Balaban J connectivity index is 2.12. The SMILES string of the molecule is CCCNC(=O)[C@@H](CC)N(Cc1ccc(OC)cc1)C(=O)CN(c1cc(C)cc(C)c1)S(=O)(=O)c1ccc(OC)c(OC)c1. The van der Waals surface area contributed by atoms with Crippen LogP contribution >= 0.6 is 0 Å². The van der Waals surface area contributed by atoms with E-state index in [0.29, 0.717) is 30.2 Å². The van der Waals surface area contributed by atoms with Crippen LogP contribution in [0.1, 0.15) is 43.4 Å². The molecule has 3 aromatic carbocycles. The predicted molar refractivity (Wildman–Crippen MR) is 171 cm³/mol. The summed E-state index contributed by atoms with van der Waals surface area (Å²) in [5, 5.41) is 2.89. The predicted octanol–water partition coefficient (Wildman–Crippen LogP) is 4.86. The molecule has 3 rings (SSSR count). The van der Waals surface area contributed by atoms with Gasteiger partial charge in [0.1, 0.15) is 18.3 Å². The normalized spacial score (nSPS) is 11.8. The molecule has 238 valence electrons. The maximum absolute atomic E-state index is 14.3. The molecule has 11 heteroatoms. The van der Waals surface area contributed by atoms with Gasteiger partial charge in [-0.1, -0.05) is 32.0 Å². The lowest BCUT2D eigenvalue weighted by atomic mass is 10.1. The first-order chi connectivity index (χ1) is 21.0. The number of amides is 2. The Morgan fingerprint density at radius 1 is 0.841 bits per heavy atom. The van der Waals surface area contributed by atoms with Crippen molar-refractivity contribution in [3.05, 3.63) is 77.4 Å². The van der Waals surface area contributed by atoms with E-state index in [1.807, 2.05) is 45.9 Å². The molecule has 0 heterocycles. The van der Waals surface area contributed by atoms with Gasteiger partial charge in [0.05, 0.1) is 31.9 Å². The number of nitrogens with zero attached hydrogens (tertiary/aromatic N) is 2. The fourth-order valence-electron chi connectivity index (χ4n) is 4.94. The van der Waals surface area contributed by atoms with E-state index in [2.05, 4.69) is 5.32 Å². The summed E-state index contributed by atoms with van der Waals surface area (Å²) >= 11 is 0. The highest BCUT2D eigenvalue weighted by molar-refractivity contribution is 7.92. The average molecular weight is 626 g/mol. The molecular weight excluding hydrogens is 582 g/mol. The third-order valence-corrected chi connectivity index (χ3v) is 8.93. The summed E-state index contributed by atoms with van der Waals surface area (Å²) in [7, 11) is 0.161. The topological polar surface area (TPSA) is 114 Å². The summed E-state index contributed by atoms with van der Waals surface area (Å²) in [5.41, 5.74) is 2.76. The monoisotopic (exact) mass is 625 g/mol. The Kier molecular flexibility index (Phi) is 12.0. The van der Waals surface area contributed by atoms with E-state index in [-0.39, 0.29) is 23.1 Å². The Morgan fingerprint density at radius 2 is 1.48 bits per heavy atom. The number of hydrogen-bond acceptors (Lipinski definition) is 7. The van der Waals surface area contributed by atoms with Crippen LogP contribution < -0.4 is 23.8 Å². The van der Waals surface area contributed by atoms with Crippen molar-refractivity contribution in [3.8, 4) is 17.2 Å². The van der Waals surface area contributed by atoms with Gasteiger partial charge in [-0.3, -0.25) is 13.9 Å². The highest BCUT2D eigenvalue weighted by atomic mass is 32.2. The summed E-state index contributed by atoms with van der Waals surface area (Å²) in [4.78, 5) is 28.9. The second-order valence-electron chi connectivity index (χ2n) is 10.5. The molecule has 10 nitrogen and oxygen atoms in total. The van der Waals surface area contributed by atoms with Crippen LogP contribution in [0.15, 0.2) is 65.6 Å². The van der Waals surface area contributed by atoms with Crippen molar-refractivity contribution < 1.29 is 32.2 Å². The highest BCUT2D eigenvalue weighted by Crippen LogP contribution is 2.33. The fraction of sp³-hybridized carbons (Fsp3) is 0.394. The van der Waals surface area contributed by atoms with Gasteiger partial charge >= 0.3 is 0 Å². The fourth-order valence-corrected chi connectivity index (χ4v) is 6.35. The summed E-state index contributed by atoms with van der Waals surface area (Å²) in [6, 6.07) is 16.0. The molecular formula is C33H43N3O7S. The molecule has 2 amide bonds. The zero-order valence-corrected chi connectivity index (χ0v) is 27.4. The third kappa shape index (κ3) is 8.22. The van der Waals surface area contributed by atoms with E-state index in [4.69, 9.17) is 14.2 Å². The molecule has 0 aromatic heterocycles. The van der Waals surface area contributed by atoms with Crippen LogP contribution in [0.2, 0.25) is 0 Å². The van der Waals surface area contributed by atoms with Gasteiger partial charge in [-0.2, -0.15) is 0 Å². The van der Waals surface area contributed by atoms with Crippen LogP contribution in [-0.2, 0) is 26.2 Å². The molecule has 0 aliphatic heterocycles. The van der Waals surface area contributed by atoms with Crippen molar-refractivity contribution in [2.24, 2.45) is 0 Å². The van der Waals surface area contributed by atoms with Crippen LogP contribution in [0.5, 0.6) is 17.2 Å². The van der Waals surface area contributed by atoms with Crippen molar-refractivity contribution in [1.82, 2.24) is 10.2 Å². The van der Waals surface area contributed by atoms with Gasteiger partial charge in [-0.15, -0.1) is 0 Å². The Morgan fingerprint density at radius 3 is 2.02 bits per heavy atom. The molecule has 0 unspecified atom stereocenters. The van der Waals surface area contributed by atoms with E-state index < -0.39 is 28.5 Å². The lowest BCUT2D eigenvalue weighted by molar-refractivity contribution is -0.140. The number of nitrogens with one attached hydrogen (secondary N) is 1. The van der Waals surface area contributed by atoms with Gasteiger partial charge in [0.15, 0.2) is 11.5 Å². The molecule has 0 radical (unpaired) electrons.